The lowest BCUT2D eigenvalue weighted by atomic mass is 9.86. The van der Waals surface area contributed by atoms with Crippen molar-refractivity contribution in [3.63, 3.8) is 0 Å². The molecule has 3 unspecified atom stereocenters. The molecule has 4 rings (SSSR count). The van der Waals surface area contributed by atoms with Gasteiger partial charge in [0.1, 0.15) is 5.75 Å². The van der Waals surface area contributed by atoms with E-state index in [1.807, 2.05) is 17.8 Å². The number of nitrogens with one attached hydrogen (secondary N) is 1. The standard InChI is InChI=1S/C17H22N2OS/c1-3-7-14-12(5-1)11-21-17(18-14)19-15-9-10-20-16-8-4-2-6-13(15)16/h2,4,6,8,12,14-15H,1,3,5,7,9-11H2,(H,18,19). The molecule has 21 heavy (non-hydrogen) atoms. The van der Waals surface area contributed by atoms with Crippen LogP contribution in [0.1, 0.15) is 43.7 Å². The molecule has 1 saturated carbocycles. The zero-order chi connectivity index (χ0) is 14.1. The highest BCUT2D eigenvalue weighted by Crippen LogP contribution is 2.36. The van der Waals surface area contributed by atoms with Crippen LogP contribution in [-0.4, -0.2) is 23.6 Å². The van der Waals surface area contributed by atoms with Crippen LogP contribution in [0.15, 0.2) is 29.3 Å². The van der Waals surface area contributed by atoms with Crippen LogP contribution in [0.25, 0.3) is 0 Å². The maximum absolute atomic E-state index is 5.73. The Balaban J connectivity index is 1.53. The number of nitrogens with zero attached hydrogens (tertiary/aromatic N) is 1. The Morgan fingerprint density at radius 1 is 1.14 bits per heavy atom. The number of hydrogen-bond acceptors (Lipinski definition) is 3. The fraction of sp³-hybridized carbons (Fsp3) is 0.588. The van der Waals surface area contributed by atoms with Crippen LogP contribution >= 0.6 is 11.8 Å². The molecule has 3 aliphatic rings. The smallest absolute Gasteiger partial charge is 0.157 e. The van der Waals surface area contributed by atoms with Gasteiger partial charge in [-0.2, -0.15) is 0 Å². The van der Waals surface area contributed by atoms with Crippen LogP contribution in [0.4, 0.5) is 0 Å². The molecular weight excluding hydrogens is 280 g/mol. The molecule has 1 aromatic rings. The zero-order valence-corrected chi connectivity index (χ0v) is 13.1. The summed E-state index contributed by atoms with van der Waals surface area (Å²) in [6.45, 7) is 0.773. The summed E-state index contributed by atoms with van der Waals surface area (Å²) in [5.74, 6) is 3.10. The van der Waals surface area contributed by atoms with Crippen LogP contribution in [0, 0.1) is 5.92 Å². The van der Waals surface area contributed by atoms with E-state index in [4.69, 9.17) is 9.73 Å². The Bertz CT molecular complexity index is 545. The van der Waals surface area contributed by atoms with Crippen molar-refractivity contribution in [3.05, 3.63) is 29.8 Å². The van der Waals surface area contributed by atoms with Crippen LogP contribution in [0.3, 0.4) is 0 Å². The molecule has 1 saturated heterocycles. The number of fused-ring (bicyclic) bond motifs is 2. The number of thioether (sulfide) groups is 1. The predicted octanol–water partition coefficient (Wildman–Crippen LogP) is 3.76. The van der Waals surface area contributed by atoms with Gasteiger partial charge in [-0.3, -0.25) is 4.99 Å². The van der Waals surface area contributed by atoms with Crippen LogP contribution in [0.5, 0.6) is 5.75 Å². The minimum absolute atomic E-state index is 0.255. The van der Waals surface area contributed by atoms with E-state index in [0.717, 1.165) is 29.9 Å². The van der Waals surface area contributed by atoms with Gasteiger partial charge in [-0.1, -0.05) is 42.8 Å². The molecule has 1 aromatic carbocycles. The Morgan fingerprint density at radius 3 is 3.05 bits per heavy atom. The van der Waals surface area contributed by atoms with Crippen molar-refractivity contribution < 1.29 is 4.74 Å². The second-order valence-corrected chi connectivity index (χ2v) is 7.24. The van der Waals surface area contributed by atoms with Crippen molar-refractivity contribution >= 4 is 16.9 Å². The molecule has 2 aliphatic heterocycles. The third-order valence-corrected chi connectivity index (χ3v) is 5.94. The average molecular weight is 302 g/mol. The molecule has 3 nitrogen and oxygen atoms in total. The Kier molecular flexibility index (Phi) is 3.80. The number of benzene rings is 1. The molecular formula is C17H22N2OS. The van der Waals surface area contributed by atoms with Gasteiger partial charge in [0.25, 0.3) is 0 Å². The summed E-state index contributed by atoms with van der Waals surface area (Å²) in [6, 6.07) is 9.24. The quantitative estimate of drug-likeness (QED) is 0.857. The van der Waals surface area contributed by atoms with Crippen LogP contribution < -0.4 is 10.1 Å². The van der Waals surface area contributed by atoms with E-state index in [0.29, 0.717) is 6.04 Å². The molecule has 0 bridgehead atoms. The van der Waals surface area contributed by atoms with Gasteiger partial charge < -0.3 is 10.1 Å². The number of hydrogen-bond donors (Lipinski definition) is 1. The van der Waals surface area contributed by atoms with Crippen molar-refractivity contribution in [2.75, 3.05) is 12.4 Å². The van der Waals surface area contributed by atoms with Gasteiger partial charge in [0.2, 0.25) is 0 Å². The molecule has 3 atom stereocenters. The Morgan fingerprint density at radius 2 is 2.05 bits per heavy atom. The van der Waals surface area contributed by atoms with Crippen LogP contribution in [-0.2, 0) is 0 Å². The molecule has 0 radical (unpaired) electrons. The van der Waals surface area contributed by atoms with E-state index < -0.39 is 0 Å². The number of amidine groups is 1. The first-order valence-corrected chi connectivity index (χ1v) is 9.07. The summed E-state index contributed by atoms with van der Waals surface area (Å²) in [5, 5.41) is 4.86. The molecule has 1 N–H and O–H groups in total. The van der Waals surface area contributed by atoms with Gasteiger partial charge in [0.05, 0.1) is 12.6 Å². The number of aliphatic imine (C=N–C) groups is 1. The molecule has 0 spiro atoms. The van der Waals surface area contributed by atoms with E-state index in [-0.39, 0.29) is 6.04 Å². The van der Waals surface area contributed by atoms with Gasteiger partial charge in [0.15, 0.2) is 5.17 Å². The molecule has 4 heteroatoms. The Hall–Kier alpha value is -1.16. The largest absolute Gasteiger partial charge is 0.493 e. The third-order valence-electron chi connectivity index (χ3n) is 4.85. The summed E-state index contributed by atoms with van der Waals surface area (Å²) in [7, 11) is 0. The fourth-order valence-corrected chi connectivity index (χ4v) is 4.86. The van der Waals surface area contributed by atoms with Gasteiger partial charge in [0, 0.05) is 23.8 Å². The van der Waals surface area contributed by atoms with Crippen molar-refractivity contribution in [2.45, 2.75) is 44.2 Å². The molecule has 2 fully saturated rings. The maximum atomic E-state index is 5.73. The van der Waals surface area contributed by atoms with Gasteiger partial charge in [-0.25, -0.2) is 0 Å². The number of ether oxygens (including phenoxy) is 1. The molecule has 1 aliphatic carbocycles. The summed E-state index contributed by atoms with van der Waals surface area (Å²) >= 11 is 1.92. The number of para-hydroxylation sites is 1. The van der Waals surface area contributed by atoms with E-state index in [1.54, 1.807) is 0 Å². The van der Waals surface area contributed by atoms with Gasteiger partial charge in [-0.05, 0) is 24.8 Å². The first kappa shape index (κ1) is 13.5. The first-order chi connectivity index (χ1) is 10.4. The SMILES string of the molecule is c1ccc2c(c1)OCCC2N=C1NC2CCCCC2CS1. The minimum atomic E-state index is 0.255. The zero-order valence-electron chi connectivity index (χ0n) is 12.3. The predicted molar refractivity (Wildman–Crippen MR) is 88.1 cm³/mol. The second kappa shape index (κ2) is 5.91. The lowest BCUT2D eigenvalue weighted by Gasteiger charge is -2.37. The highest BCUT2D eigenvalue weighted by atomic mass is 32.2. The van der Waals surface area contributed by atoms with Gasteiger partial charge in [-0.15, -0.1) is 0 Å². The van der Waals surface area contributed by atoms with Crippen LogP contribution in [0.2, 0.25) is 0 Å². The van der Waals surface area contributed by atoms with Crippen molar-refractivity contribution in [1.82, 2.24) is 5.32 Å². The van der Waals surface area contributed by atoms with E-state index in [2.05, 4.69) is 23.5 Å². The highest BCUT2D eigenvalue weighted by Gasteiger charge is 2.31. The lowest BCUT2D eigenvalue weighted by Crippen LogP contribution is -2.46. The highest BCUT2D eigenvalue weighted by molar-refractivity contribution is 8.13. The lowest BCUT2D eigenvalue weighted by molar-refractivity contribution is 0.269. The summed E-state index contributed by atoms with van der Waals surface area (Å²) < 4.78 is 5.73. The molecule has 0 aromatic heterocycles. The summed E-state index contributed by atoms with van der Waals surface area (Å²) in [6.07, 6.45) is 6.46. The maximum Gasteiger partial charge on any atom is 0.157 e. The van der Waals surface area contributed by atoms with Crippen molar-refractivity contribution in [1.29, 1.82) is 0 Å². The third kappa shape index (κ3) is 2.78. The summed E-state index contributed by atoms with van der Waals surface area (Å²) in [4.78, 5) is 5.02. The monoisotopic (exact) mass is 302 g/mol. The molecule has 2 heterocycles. The first-order valence-electron chi connectivity index (χ1n) is 8.09. The Labute approximate surface area is 130 Å². The topological polar surface area (TPSA) is 33.6 Å². The summed E-state index contributed by atoms with van der Waals surface area (Å²) in [5.41, 5.74) is 1.24. The van der Waals surface area contributed by atoms with Crippen molar-refractivity contribution in [3.8, 4) is 5.75 Å². The molecule has 0 amide bonds. The number of rotatable bonds is 1. The van der Waals surface area contributed by atoms with E-state index >= 15 is 0 Å². The second-order valence-electron chi connectivity index (χ2n) is 6.23. The normalized spacial score (nSPS) is 33.5. The van der Waals surface area contributed by atoms with Gasteiger partial charge >= 0.3 is 0 Å². The van der Waals surface area contributed by atoms with Crippen molar-refractivity contribution in [2.24, 2.45) is 10.9 Å². The fourth-order valence-electron chi connectivity index (χ4n) is 3.66. The van der Waals surface area contributed by atoms with E-state index in [9.17, 15) is 0 Å². The van der Waals surface area contributed by atoms with E-state index in [1.165, 1.54) is 37.0 Å². The minimum Gasteiger partial charge on any atom is -0.493 e. The average Bonchev–Trinajstić information content (AvgIpc) is 2.55. The molecule has 112 valence electrons.